The monoisotopic (exact) mass is 168 g/mol. The summed E-state index contributed by atoms with van der Waals surface area (Å²) in [5.41, 5.74) is 0.297. The number of rotatable bonds is 0. The van der Waals surface area contributed by atoms with Crippen LogP contribution < -0.4 is 0 Å². The highest BCUT2D eigenvalue weighted by Crippen LogP contribution is 2.27. The van der Waals surface area contributed by atoms with Crippen LogP contribution >= 0.6 is 0 Å². The molecule has 0 aromatic heterocycles. The summed E-state index contributed by atoms with van der Waals surface area (Å²) >= 11 is 0. The summed E-state index contributed by atoms with van der Waals surface area (Å²) < 4.78 is 5.80. The van der Waals surface area contributed by atoms with Gasteiger partial charge in [0.2, 0.25) is 0 Å². The Morgan fingerprint density at radius 1 is 1.17 bits per heavy atom. The van der Waals surface area contributed by atoms with Crippen LogP contribution in [-0.4, -0.2) is 12.7 Å². The number of hydrogen-bond acceptors (Lipinski definition) is 1. The zero-order valence-corrected chi connectivity index (χ0v) is 8.47. The van der Waals surface area contributed by atoms with Gasteiger partial charge in [-0.3, -0.25) is 0 Å². The normalized spacial score (nSPS) is 29.1. The van der Waals surface area contributed by atoms with Crippen molar-refractivity contribution in [3.05, 3.63) is 12.2 Å². The molecule has 0 amide bonds. The molecule has 70 valence electrons. The van der Waals surface area contributed by atoms with Gasteiger partial charge in [-0.15, -0.1) is 0 Å². The van der Waals surface area contributed by atoms with Crippen LogP contribution in [0.5, 0.6) is 0 Å². The Morgan fingerprint density at radius 2 is 1.83 bits per heavy atom. The lowest BCUT2D eigenvalue weighted by atomic mass is 9.86. The van der Waals surface area contributed by atoms with Crippen molar-refractivity contribution in [3.63, 3.8) is 0 Å². The highest BCUT2D eigenvalue weighted by Gasteiger charge is 2.24. The van der Waals surface area contributed by atoms with E-state index in [1.807, 2.05) is 0 Å². The smallest absolute Gasteiger partial charge is 0.0626 e. The summed E-state index contributed by atoms with van der Waals surface area (Å²) in [5.74, 6) is 0. The van der Waals surface area contributed by atoms with Crippen molar-refractivity contribution in [2.45, 2.75) is 46.1 Å². The Kier molecular flexibility index (Phi) is 3.33. The van der Waals surface area contributed by atoms with Crippen LogP contribution in [0.1, 0.15) is 40.0 Å². The second kappa shape index (κ2) is 4.08. The molecule has 1 atom stereocenters. The van der Waals surface area contributed by atoms with E-state index in [0.717, 1.165) is 13.0 Å². The van der Waals surface area contributed by atoms with Gasteiger partial charge in [-0.05, 0) is 24.7 Å². The van der Waals surface area contributed by atoms with Crippen LogP contribution in [0.25, 0.3) is 0 Å². The molecule has 1 heteroatoms. The molecule has 1 unspecified atom stereocenters. The molecule has 0 aromatic rings. The highest BCUT2D eigenvalue weighted by atomic mass is 16.5. The third-order valence-electron chi connectivity index (χ3n) is 2.33. The fourth-order valence-corrected chi connectivity index (χ4v) is 1.53. The Bertz CT molecular complexity index is 153. The molecule has 12 heavy (non-hydrogen) atoms. The first-order valence-electron chi connectivity index (χ1n) is 4.87. The minimum Gasteiger partial charge on any atom is -0.377 e. The van der Waals surface area contributed by atoms with Gasteiger partial charge in [0.15, 0.2) is 0 Å². The van der Waals surface area contributed by atoms with Crippen molar-refractivity contribution in [2.24, 2.45) is 5.41 Å². The van der Waals surface area contributed by atoms with Gasteiger partial charge in [-0.25, -0.2) is 0 Å². The molecular formula is C11H20O. The minimum absolute atomic E-state index is 0.297. The van der Waals surface area contributed by atoms with E-state index < -0.39 is 0 Å². The Morgan fingerprint density at radius 3 is 2.50 bits per heavy atom. The summed E-state index contributed by atoms with van der Waals surface area (Å²) in [6, 6.07) is 0. The van der Waals surface area contributed by atoms with Gasteiger partial charge < -0.3 is 4.74 Å². The minimum atomic E-state index is 0.297. The summed E-state index contributed by atoms with van der Waals surface area (Å²) in [4.78, 5) is 0. The van der Waals surface area contributed by atoms with Crippen molar-refractivity contribution < 1.29 is 4.74 Å². The first kappa shape index (κ1) is 9.79. The fourth-order valence-electron chi connectivity index (χ4n) is 1.53. The largest absolute Gasteiger partial charge is 0.377 e. The summed E-state index contributed by atoms with van der Waals surface area (Å²) in [7, 11) is 0. The van der Waals surface area contributed by atoms with E-state index in [4.69, 9.17) is 4.74 Å². The van der Waals surface area contributed by atoms with Crippen molar-refractivity contribution in [1.82, 2.24) is 0 Å². The lowest BCUT2D eigenvalue weighted by Gasteiger charge is -2.31. The van der Waals surface area contributed by atoms with Crippen LogP contribution in [0.15, 0.2) is 12.2 Å². The van der Waals surface area contributed by atoms with Gasteiger partial charge >= 0.3 is 0 Å². The van der Waals surface area contributed by atoms with Gasteiger partial charge in [-0.1, -0.05) is 32.9 Å². The van der Waals surface area contributed by atoms with Crippen LogP contribution in [0, 0.1) is 5.41 Å². The van der Waals surface area contributed by atoms with E-state index in [0.29, 0.717) is 11.5 Å². The van der Waals surface area contributed by atoms with E-state index in [-0.39, 0.29) is 0 Å². The molecule has 0 spiro atoms. The molecule has 1 nitrogen and oxygen atoms in total. The summed E-state index contributed by atoms with van der Waals surface area (Å²) in [6.07, 6.45) is 8.34. The molecule has 0 N–H and O–H groups in total. The van der Waals surface area contributed by atoms with Crippen LogP contribution in [0.3, 0.4) is 0 Å². The molecule has 1 rings (SSSR count). The second-order valence-corrected chi connectivity index (χ2v) is 4.56. The van der Waals surface area contributed by atoms with Crippen LogP contribution in [-0.2, 0) is 4.74 Å². The average molecular weight is 168 g/mol. The van der Waals surface area contributed by atoms with Gasteiger partial charge in [0.25, 0.3) is 0 Å². The number of hydrogen-bond donors (Lipinski definition) is 0. The predicted octanol–water partition coefficient (Wildman–Crippen LogP) is 3.16. The third kappa shape index (κ3) is 2.98. The molecule has 0 fully saturated rings. The van der Waals surface area contributed by atoms with Crippen LogP contribution in [0.4, 0.5) is 0 Å². The SMILES string of the molecule is CC(C)(C)C1CC/C=C\CCO1. The molecule has 1 heterocycles. The highest BCUT2D eigenvalue weighted by molar-refractivity contribution is 4.87. The zero-order chi connectivity index (χ0) is 9.03. The zero-order valence-electron chi connectivity index (χ0n) is 8.47. The van der Waals surface area contributed by atoms with E-state index >= 15 is 0 Å². The molecular weight excluding hydrogens is 148 g/mol. The van der Waals surface area contributed by atoms with Crippen molar-refractivity contribution in [1.29, 1.82) is 0 Å². The lowest BCUT2D eigenvalue weighted by molar-refractivity contribution is -0.0215. The van der Waals surface area contributed by atoms with E-state index in [1.54, 1.807) is 0 Å². The average Bonchev–Trinajstić information content (AvgIpc) is 1.81. The van der Waals surface area contributed by atoms with Gasteiger partial charge in [0, 0.05) is 0 Å². The summed E-state index contributed by atoms with van der Waals surface area (Å²) in [5, 5.41) is 0. The second-order valence-electron chi connectivity index (χ2n) is 4.56. The number of allylic oxidation sites excluding steroid dienone is 1. The molecule has 0 aliphatic carbocycles. The fraction of sp³-hybridized carbons (Fsp3) is 0.818. The first-order chi connectivity index (χ1) is 5.61. The molecule has 0 bridgehead atoms. The number of ether oxygens (including phenoxy) is 1. The van der Waals surface area contributed by atoms with E-state index in [2.05, 4.69) is 32.9 Å². The van der Waals surface area contributed by atoms with E-state index in [9.17, 15) is 0 Å². The Balaban J connectivity index is 2.48. The predicted molar refractivity (Wildman–Crippen MR) is 52.2 cm³/mol. The standard InChI is InChI=1S/C11H20O/c1-11(2,3)10-8-6-4-5-7-9-12-10/h4-5,10H,6-9H2,1-3H3/b5-4-. The summed E-state index contributed by atoms with van der Waals surface area (Å²) in [6.45, 7) is 7.65. The van der Waals surface area contributed by atoms with Gasteiger partial charge in [0.1, 0.15) is 0 Å². The van der Waals surface area contributed by atoms with Gasteiger partial charge in [-0.2, -0.15) is 0 Å². The maximum Gasteiger partial charge on any atom is 0.0626 e. The molecule has 0 saturated carbocycles. The molecule has 1 aliphatic heterocycles. The quantitative estimate of drug-likeness (QED) is 0.505. The first-order valence-corrected chi connectivity index (χ1v) is 4.87. The topological polar surface area (TPSA) is 9.23 Å². The Hall–Kier alpha value is -0.300. The van der Waals surface area contributed by atoms with Crippen molar-refractivity contribution >= 4 is 0 Å². The lowest BCUT2D eigenvalue weighted by Crippen LogP contribution is -2.30. The Labute approximate surface area is 75.8 Å². The third-order valence-corrected chi connectivity index (χ3v) is 2.33. The van der Waals surface area contributed by atoms with Crippen LogP contribution in [0.2, 0.25) is 0 Å². The van der Waals surface area contributed by atoms with E-state index in [1.165, 1.54) is 12.8 Å². The molecule has 1 aliphatic rings. The molecule has 0 aromatic carbocycles. The molecule has 0 saturated heterocycles. The van der Waals surface area contributed by atoms with Crippen molar-refractivity contribution in [2.75, 3.05) is 6.61 Å². The molecule has 0 radical (unpaired) electrons. The van der Waals surface area contributed by atoms with Crippen molar-refractivity contribution in [3.8, 4) is 0 Å². The maximum atomic E-state index is 5.80. The maximum absolute atomic E-state index is 5.80. The van der Waals surface area contributed by atoms with Gasteiger partial charge in [0.05, 0.1) is 12.7 Å².